The summed E-state index contributed by atoms with van der Waals surface area (Å²) in [6.07, 6.45) is 0. The fourth-order valence-corrected chi connectivity index (χ4v) is 4.76. The van der Waals surface area contributed by atoms with E-state index in [4.69, 9.17) is 12.2 Å². The van der Waals surface area contributed by atoms with Crippen LogP contribution in [0, 0.1) is 10.1 Å². The maximum atomic E-state index is 12.3. The second-order valence-corrected chi connectivity index (χ2v) is 9.28. The Morgan fingerprint density at radius 1 is 1.09 bits per heavy atom. The first kappa shape index (κ1) is 23.7. The van der Waals surface area contributed by atoms with Crippen LogP contribution >= 0.6 is 23.6 Å². The minimum Gasteiger partial charge on any atom is -0.373 e. The number of amides is 1. The van der Waals surface area contributed by atoms with Crippen LogP contribution in [0.5, 0.6) is 0 Å². The van der Waals surface area contributed by atoms with Gasteiger partial charge in [0, 0.05) is 44.0 Å². The quantitative estimate of drug-likeness (QED) is 0.292. The zero-order valence-electron chi connectivity index (χ0n) is 18.6. The predicted octanol–water partition coefficient (Wildman–Crippen LogP) is 4.67. The monoisotopic (exact) mass is 495 g/mol. The fourth-order valence-electron chi connectivity index (χ4n) is 3.87. The smallest absolute Gasteiger partial charge is 0.292 e. The third-order valence-corrected chi connectivity index (χ3v) is 6.97. The van der Waals surface area contributed by atoms with Crippen molar-refractivity contribution in [3.8, 4) is 0 Å². The summed E-state index contributed by atoms with van der Waals surface area (Å²) in [6, 6.07) is 18.5. The molecule has 2 N–H and O–H groups in total. The summed E-state index contributed by atoms with van der Waals surface area (Å²) in [5.74, 6) is -0.193. The van der Waals surface area contributed by atoms with Crippen molar-refractivity contribution in [2.45, 2.75) is 13.0 Å². The lowest BCUT2D eigenvalue weighted by Crippen LogP contribution is -2.52. The number of hydrogen-bond donors (Lipinski definition) is 2. The minimum atomic E-state index is -0.365. The average molecular weight is 496 g/mol. The van der Waals surface area contributed by atoms with Crippen molar-refractivity contribution in [1.82, 2.24) is 10.2 Å². The van der Waals surface area contributed by atoms with E-state index in [1.54, 1.807) is 18.2 Å². The number of carbonyl (C=O) groups is 1. The molecule has 2 heterocycles. The van der Waals surface area contributed by atoms with Gasteiger partial charge >= 0.3 is 0 Å². The Hall–Kier alpha value is -3.50. The zero-order chi connectivity index (χ0) is 24.1. The van der Waals surface area contributed by atoms with Crippen LogP contribution in [0.1, 0.15) is 28.2 Å². The third-order valence-electron chi connectivity index (χ3n) is 5.75. The Morgan fingerprint density at radius 2 is 1.82 bits per heavy atom. The zero-order valence-corrected chi connectivity index (χ0v) is 20.3. The lowest BCUT2D eigenvalue weighted by atomic mass is 10.1. The van der Waals surface area contributed by atoms with Crippen LogP contribution in [0.3, 0.4) is 0 Å². The molecule has 0 unspecified atom stereocenters. The Morgan fingerprint density at radius 3 is 2.47 bits per heavy atom. The molecular formula is C24H25N5O3S2. The van der Waals surface area contributed by atoms with E-state index in [0.717, 1.165) is 11.3 Å². The number of nitrogens with zero attached hydrogens (tertiary/aromatic N) is 3. The Bertz CT molecular complexity index is 1160. The molecule has 1 atom stereocenters. The summed E-state index contributed by atoms with van der Waals surface area (Å²) in [6.45, 7) is 4.63. The van der Waals surface area contributed by atoms with Crippen LogP contribution in [0.15, 0.2) is 66.0 Å². The highest BCUT2D eigenvalue weighted by atomic mass is 32.1. The van der Waals surface area contributed by atoms with Gasteiger partial charge < -0.3 is 15.1 Å². The number of nitrogens with one attached hydrogen (secondary N) is 2. The Kier molecular flexibility index (Phi) is 7.39. The van der Waals surface area contributed by atoms with E-state index in [0.29, 0.717) is 41.9 Å². The highest BCUT2D eigenvalue weighted by molar-refractivity contribution is 7.80. The molecule has 34 heavy (non-hydrogen) atoms. The summed E-state index contributed by atoms with van der Waals surface area (Å²) < 4.78 is 0. The van der Waals surface area contributed by atoms with E-state index in [2.05, 4.69) is 15.5 Å². The number of anilines is 2. The molecule has 3 aromatic rings. The van der Waals surface area contributed by atoms with Gasteiger partial charge in [0.05, 0.1) is 9.80 Å². The molecule has 1 amide bonds. The van der Waals surface area contributed by atoms with Crippen LogP contribution in [0.25, 0.3) is 0 Å². The molecule has 1 aromatic heterocycles. The van der Waals surface area contributed by atoms with Gasteiger partial charge in [-0.3, -0.25) is 20.2 Å². The van der Waals surface area contributed by atoms with Crippen LogP contribution < -0.4 is 15.5 Å². The Balaban J connectivity index is 1.41. The molecule has 10 heteroatoms. The molecule has 176 valence electrons. The van der Waals surface area contributed by atoms with Crippen LogP contribution in [0.2, 0.25) is 0 Å². The number of hydrogen-bond acceptors (Lipinski definition) is 7. The van der Waals surface area contributed by atoms with E-state index in [1.807, 2.05) is 59.7 Å². The second kappa shape index (κ2) is 10.6. The number of nitro groups is 1. The summed E-state index contributed by atoms with van der Waals surface area (Å²) in [5.41, 5.74) is 2.48. The average Bonchev–Trinajstić information content (AvgIpc) is 3.40. The van der Waals surface area contributed by atoms with E-state index >= 15 is 0 Å². The predicted molar refractivity (Wildman–Crippen MR) is 140 cm³/mol. The highest BCUT2D eigenvalue weighted by Gasteiger charge is 2.23. The number of benzene rings is 2. The van der Waals surface area contributed by atoms with E-state index < -0.39 is 0 Å². The molecule has 1 fully saturated rings. The number of piperazine rings is 1. The van der Waals surface area contributed by atoms with E-state index in [1.165, 1.54) is 11.3 Å². The maximum Gasteiger partial charge on any atom is 0.292 e. The molecule has 1 aliphatic heterocycles. The van der Waals surface area contributed by atoms with Gasteiger partial charge in [-0.2, -0.15) is 0 Å². The van der Waals surface area contributed by atoms with E-state index in [9.17, 15) is 14.9 Å². The van der Waals surface area contributed by atoms with Gasteiger partial charge in [0.1, 0.15) is 5.69 Å². The van der Waals surface area contributed by atoms with Crippen molar-refractivity contribution < 1.29 is 9.72 Å². The molecule has 1 aliphatic rings. The Labute approximate surface area is 207 Å². The van der Waals surface area contributed by atoms with Crippen LogP contribution in [-0.4, -0.2) is 47.0 Å². The maximum absolute atomic E-state index is 12.3. The molecule has 0 radical (unpaired) electrons. The first-order chi connectivity index (χ1) is 16.4. The van der Waals surface area contributed by atoms with Gasteiger partial charge in [-0.05, 0) is 48.3 Å². The van der Waals surface area contributed by atoms with Gasteiger partial charge in [0.2, 0.25) is 0 Å². The van der Waals surface area contributed by atoms with Gasteiger partial charge in [0.15, 0.2) is 5.11 Å². The van der Waals surface area contributed by atoms with Gasteiger partial charge in [0.25, 0.3) is 11.6 Å². The topological polar surface area (TPSA) is 90.8 Å². The lowest BCUT2D eigenvalue weighted by Gasteiger charge is -2.37. The number of thiocarbonyl (C=S) groups is 1. The largest absolute Gasteiger partial charge is 0.373 e. The minimum absolute atomic E-state index is 0.0441. The second-order valence-electron chi connectivity index (χ2n) is 7.95. The SMILES string of the molecule is C[C@@H](Nc1cc(N2CCN(C(=S)NC(=O)c3cccs3)CC2)ccc1[N+](=O)[O-])c1ccccc1. The van der Waals surface area contributed by atoms with Crippen molar-refractivity contribution in [3.05, 3.63) is 86.6 Å². The van der Waals surface area contributed by atoms with Crippen molar-refractivity contribution >= 4 is 51.6 Å². The summed E-state index contributed by atoms with van der Waals surface area (Å²) in [7, 11) is 0. The standard InChI is InChI=1S/C24H25N5O3S2/c1-17(18-6-3-2-4-7-18)25-20-16-19(9-10-21(20)29(31)32)27-11-13-28(14-12-27)24(33)26-23(30)22-8-5-15-34-22/h2-10,15-17,25H,11-14H2,1H3,(H,26,30,33)/t17-/m1/s1. The fraction of sp³-hybridized carbons (Fsp3) is 0.250. The molecule has 0 aliphatic carbocycles. The molecule has 2 aromatic carbocycles. The van der Waals surface area contributed by atoms with Crippen LogP contribution in [-0.2, 0) is 0 Å². The van der Waals surface area contributed by atoms with Crippen molar-refractivity contribution in [3.63, 3.8) is 0 Å². The van der Waals surface area contributed by atoms with Crippen molar-refractivity contribution in [1.29, 1.82) is 0 Å². The summed E-state index contributed by atoms with van der Waals surface area (Å²) in [4.78, 5) is 28.3. The number of rotatable bonds is 6. The normalized spacial score (nSPS) is 14.4. The van der Waals surface area contributed by atoms with Crippen LogP contribution in [0.4, 0.5) is 17.1 Å². The number of nitro benzene ring substituents is 1. The molecule has 0 bridgehead atoms. The first-order valence-corrected chi connectivity index (χ1v) is 12.2. The van der Waals surface area contributed by atoms with E-state index in [-0.39, 0.29) is 22.6 Å². The van der Waals surface area contributed by atoms with Gasteiger partial charge in [-0.15, -0.1) is 11.3 Å². The molecule has 4 rings (SSSR count). The lowest BCUT2D eigenvalue weighted by molar-refractivity contribution is -0.384. The summed E-state index contributed by atoms with van der Waals surface area (Å²) >= 11 is 6.81. The van der Waals surface area contributed by atoms with Crippen molar-refractivity contribution in [2.24, 2.45) is 0 Å². The highest BCUT2D eigenvalue weighted by Crippen LogP contribution is 2.32. The number of carbonyl (C=O) groups excluding carboxylic acids is 1. The molecule has 1 saturated heterocycles. The van der Waals surface area contributed by atoms with Crippen molar-refractivity contribution in [2.75, 3.05) is 36.4 Å². The van der Waals surface area contributed by atoms with Gasteiger partial charge in [-0.1, -0.05) is 36.4 Å². The molecule has 0 spiro atoms. The first-order valence-electron chi connectivity index (χ1n) is 10.9. The van der Waals surface area contributed by atoms with Gasteiger partial charge in [-0.25, -0.2) is 0 Å². The third kappa shape index (κ3) is 5.52. The summed E-state index contributed by atoms with van der Waals surface area (Å²) in [5, 5.41) is 20.0. The number of thiophene rings is 1. The molecule has 0 saturated carbocycles. The molecular weight excluding hydrogens is 470 g/mol. The molecule has 8 nitrogen and oxygen atoms in total.